The zero-order chi connectivity index (χ0) is 18.4. The highest BCUT2D eigenvalue weighted by atomic mass is 16.5. The Morgan fingerprint density at radius 3 is 1.92 bits per heavy atom. The molecule has 0 atom stereocenters. The van der Waals surface area contributed by atoms with Crippen LogP contribution in [0.15, 0.2) is 18.2 Å². The molecular formula is C21H32N2O3. The van der Waals surface area contributed by atoms with Gasteiger partial charge in [0.25, 0.3) is 0 Å². The lowest BCUT2D eigenvalue weighted by molar-refractivity contribution is 0.114. The molecule has 2 aliphatic rings. The molecule has 0 aliphatic heterocycles. The van der Waals surface area contributed by atoms with Crippen molar-refractivity contribution in [3.8, 4) is 11.5 Å². The largest absolute Gasteiger partial charge is 0.493 e. The Hall–Kier alpha value is -1.91. The van der Waals surface area contributed by atoms with Gasteiger partial charge in [-0.05, 0) is 37.8 Å². The van der Waals surface area contributed by atoms with Crippen LogP contribution >= 0.6 is 0 Å². The molecule has 2 amide bonds. The van der Waals surface area contributed by atoms with Gasteiger partial charge < -0.3 is 19.7 Å². The maximum Gasteiger partial charge on any atom is 0.322 e. The monoisotopic (exact) mass is 360 g/mol. The summed E-state index contributed by atoms with van der Waals surface area (Å²) < 4.78 is 10.6. The lowest BCUT2D eigenvalue weighted by Crippen LogP contribution is -2.50. The highest BCUT2D eigenvalue weighted by Crippen LogP contribution is 2.33. The van der Waals surface area contributed by atoms with Gasteiger partial charge in [0.2, 0.25) is 0 Å². The van der Waals surface area contributed by atoms with Gasteiger partial charge >= 0.3 is 6.03 Å². The number of amides is 2. The average Bonchev–Trinajstić information content (AvgIpc) is 2.69. The fourth-order valence-corrected chi connectivity index (χ4v) is 4.45. The quantitative estimate of drug-likeness (QED) is 0.785. The summed E-state index contributed by atoms with van der Waals surface area (Å²) >= 11 is 0. The van der Waals surface area contributed by atoms with Crippen molar-refractivity contribution in [2.45, 2.75) is 76.3 Å². The van der Waals surface area contributed by atoms with Crippen LogP contribution in [0.1, 0.15) is 64.2 Å². The van der Waals surface area contributed by atoms with Gasteiger partial charge in [0.1, 0.15) is 0 Å². The van der Waals surface area contributed by atoms with Gasteiger partial charge in [-0.2, -0.15) is 0 Å². The molecule has 0 heterocycles. The van der Waals surface area contributed by atoms with Gasteiger partial charge in [-0.3, -0.25) is 0 Å². The molecule has 1 aromatic carbocycles. The lowest BCUT2D eigenvalue weighted by atomic mass is 9.89. The van der Waals surface area contributed by atoms with Crippen LogP contribution in [-0.4, -0.2) is 37.2 Å². The van der Waals surface area contributed by atoms with Crippen LogP contribution < -0.4 is 14.8 Å². The standard InChI is InChI=1S/C21H32N2O3/c1-25-19-14-13-16(15-20(19)26-2)22-21(24)23(17-9-5-3-6-10-17)18-11-7-4-8-12-18/h13-15,17-18H,3-12H2,1-2H3,(H,22,24). The maximum atomic E-state index is 13.2. The van der Waals surface area contributed by atoms with Crippen molar-refractivity contribution in [3.63, 3.8) is 0 Å². The summed E-state index contributed by atoms with van der Waals surface area (Å²) in [6.07, 6.45) is 12.1. The van der Waals surface area contributed by atoms with Crippen LogP contribution in [0.5, 0.6) is 11.5 Å². The number of anilines is 1. The van der Waals surface area contributed by atoms with Gasteiger partial charge in [0, 0.05) is 23.8 Å². The number of methoxy groups -OCH3 is 2. The van der Waals surface area contributed by atoms with E-state index in [1.165, 1.54) is 38.5 Å². The second-order valence-corrected chi connectivity index (χ2v) is 7.49. The molecule has 0 unspecified atom stereocenters. The van der Waals surface area contributed by atoms with Gasteiger partial charge in [-0.1, -0.05) is 38.5 Å². The SMILES string of the molecule is COc1ccc(NC(=O)N(C2CCCCC2)C2CCCCC2)cc1OC. The summed E-state index contributed by atoms with van der Waals surface area (Å²) in [4.78, 5) is 15.4. The maximum absolute atomic E-state index is 13.2. The molecule has 26 heavy (non-hydrogen) atoms. The first-order valence-electron chi connectivity index (χ1n) is 10.0. The molecule has 0 spiro atoms. The number of urea groups is 1. The Bertz CT molecular complexity index is 575. The number of benzene rings is 1. The molecule has 1 aromatic rings. The fourth-order valence-electron chi connectivity index (χ4n) is 4.45. The van der Waals surface area contributed by atoms with Crippen LogP contribution in [-0.2, 0) is 0 Å². The zero-order valence-electron chi connectivity index (χ0n) is 16.1. The molecule has 2 saturated carbocycles. The molecule has 3 rings (SSSR count). The normalized spacial score (nSPS) is 19.0. The van der Waals surface area contributed by atoms with Gasteiger partial charge in [-0.25, -0.2) is 4.79 Å². The van der Waals surface area contributed by atoms with E-state index in [1.807, 2.05) is 18.2 Å². The van der Waals surface area contributed by atoms with E-state index in [0.29, 0.717) is 23.6 Å². The first-order valence-corrected chi connectivity index (χ1v) is 10.0. The molecule has 0 aromatic heterocycles. The van der Waals surface area contributed by atoms with Crippen molar-refractivity contribution in [2.75, 3.05) is 19.5 Å². The van der Waals surface area contributed by atoms with Crippen molar-refractivity contribution in [3.05, 3.63) is 18.2 Å². The minimum atomic E-state index is 0.0380. The lowest BCUT2D eigenvalue weighted by Gasteiger charge is -2.41. The molecule has 2 fully saturated rings. The van der Waals surface area contributed by atoms with E-state index in [1.54, 1.807) is 14.2 Å². The van der Waals surface area contributed by atoms with Crippen molar-refractivity contribution in [2.24, 2.45) is 0 Å². The Kier molecular flexibility index (Phi) is 6.64. The van der Waals surface area contributed by atoms with E-state index in [4.69, 9.17) is 9.47 Å². The van der Waals surface area contributed by atoms with E-state index in [2.05, 4.69) is 10.2 Å². The first kappa shape index (κ1) is 18.9. The Balaban J connectivity index is 1.76. The van der Waals surface area contributed by atoms with Crippen LogP contribution in [0, 0.1) is 0 Å². The number of carbonyl (C=O) groups is 1. The molecule has 2 aliphatic carbocycles. The third-order valence-electron chi connectivity index (χ3n) is 5.81. The number of hydrogen-bond donors (Lipinski definition) is 1. The highest BCUT2D eigenvalue weighted by molar-refractivity contribution is 5.90. The Morgan fingerprint density at radius 1 is 0.885 bits per heavy atom. The number of carbonyl (C=O) groups excluding carboxylic acids is 1. The smallest absolute Gasteiger partial charge is 0.322 e. The van der Waals surface area contributed by atoms with Gasteiger partial charge in [0.15, 0.2) is 11.5 Å². The molecule has 144 valence electrons. The predicted molar refractivity (Wildman–Crippen MR) is 104 cm³/mol. The topological polar surface area (TPSA) is 50.8 Å². The number of rotatable bonds is 5. The summed E-state index contributed by atoms with van der Waals surface area (Å²) in [6, 6.07) is 6.34. The third kappa shape index (κ3) is 4.43. The van der Waals surface area contributed by atoms with Crippen LogP contribution in [0.2, 0.25) is 0 Å². The first-order chi connectivity index (χ1) is 12.7. The van der Waals surface area contributed by atoms with Gasteiger partial charge in [0.05, 0.1) is 14.2 Å². The number of ether oxygens (including phenoxy) is 2. The summed E-state index contributed by atoms with van der Waals surface area (Å²) in [5.41, 5.74) is 0.754. The second kappa shape index (κ2) is 9.15. The molecule has 0 radical (unpaired) electrons. The van der Waals surface area contributed by atoms with E-state index in [9.17, 15) is 4.79 Å². The van der Waals surface area contributed by atoms with Crippen molar-refractivity contribution < 1.29 is 14.3 Å². The van der Waals surface area contributed by atoms with E-state index < -0.39 is 0 Å². The molecular weight excluding hydrogens is 328 g/mol. The Labute approximate surface area is 157 Å². The zero-order valence-corrected chi connectivity index (χ0v) is 16.1. The van der Waals surface area contributed by atoms with E-state index in [0.717, 1.165) is 31.4 Å². The molecule has 1 N–H and O–H groups in total. The van der Waals surface area contributed by atoms with Gasteiger partial charge in [-0.15, -0.1) is 0 Å². The minimum Gasteiger partial charge on any atom is -0.493 e. The highest BCUT2D eigenvalue weighted by Gasteiger charge is 2.32. The van der Waals surface area contributed by atoms with Crippen LogP contribution in [0.25, 0.3) is 0 Å². The molecule has 0 bridgehead atoms. The summed E-state index contributed by atoms with van der Waals surface area (Å²) in [5.74, 6) is 1.30. The van der Waals surface area contributed by atoms with Crippen molar-refractivity contribution in [1.29, 1.82) is 0 Å². The number of nitrogens with zero attached hydrogens (tertiary/aromatic N) is 1. The Morgan fingerprint density at radius 2 is 1.42 bits per heavy atom. The van der Waals surface area contributed by atoms with Crippen LogP contribution in [0.3, 0.4) is 0 Å². The molecule has 0 saturated heterocycles. The van der Waals surface area contributed by atoms with E-state index >= 15 is 0 Å². The van der Waals surface area contributed by atoms with Crippen LogP contribution in [0.4, 0.5) is 10.5 Å². The summed E-state index contributed by atoms with van der Waals surface area (Å²) in [7, 11) is 3.23. The number of hydrogen-bond acceptors (Lipinski definition) is 3. The predicted octanol–water partition coefficient (Wildman–Crippen LogP) is 5.20. The fraction of sp³-hybridized carbons (Fsp3) is 0.667. The molecule has 5 nitrogen and oxygen atoms in total. The summed E-state index contributed by atoms with van der Waals surface area (Å²) in [6.45, 7) is 0. The average molecular weight is 360 g/mol. The van der Waals surface area contributed by atoms with E-state index in [-0.39, 0.29) is 6.03 Å². The minimum absolute atomic E-state index is 0.0380. The van der Waals surface area contributed by atoms with Crippen molar-refractivity contribution in [1.82, 2.24) is 4.90 Å². The third-order valence-corrected chi connectivity index (χ3v) is 5.81. The second-order valence-electron chi connectivity index (χ2n) is 7.49. The summed E-state index contributed by atoms with van der Waals surface area (Å²) in [5, 5.41) is 3.11. The molecule has 5 heteroatoms. The number of nitrogens with one attached hydrogen (secondary N) is 1. The van der Waals surface area contributed by atoms with Crippen molar-refractivity contribution >= 4 is 11.7 Å².